The number of nitrogens with zero attached hydrogens (tertiary/aromatic N) is 3. The van der Waals surface area contributed by atoms with Crippen LogP contribution in [-0.2, 0) is 25.6 Å². The van der Waals surface area contributed by atoms with Crippen LogP contribution in [-0.4, -0.2) is 116 Å². The molecule has 0 bridgehead atoms. The molecule has 2 aliphatic heterocycles. The molecule has 15 heteroatoms. The molecule has 50 heavy (non-hydrogen) atoms. The molecule has 2 aromatic rings. The Labute approximate surface area is 292 Å². The fourth-order valence-corrected chi connectivity index (χ4v) is 5.83. The highest BCUT2D eigenvalue weighted by atomic mass is 16.5. The molecule has 2 aliphatic rings. The summed E-state index contributed by atoms with van der Waals surface area (Å²) < 4.78 is 5.93. The van der Waals surface area contributed by atoms with Crippen molar-refractivity contribution in [3.05, 3.63) is 65.7 Å². The monoisotopic (exact) mass is 691 g/mol. The third-order valence-electron chi connectivity index (χ3n) is 8.55. The van der Waals surface area contributed by atoms with Crippen molar-refractivity contribution in [1.29, 1.82) is 0 Å². The van der Waals surface area contributed by atoms with E-state index in [1.54, 1.807) is 29.2 Å². The number of guanidine groups is 1. The van der Waals surface area contributed by atoms with Gasteiger partial charge in [0.15, 0.2) is 5.96 Å². The molecule has 3 atom stereocenters. The zero-order chi connectivity index (χ0) is 35.9. The number of fused-ring (bicyclic) bond motifs is 1. The number of benzene rings is 2. The number of hydrogen-bond donors (Lipinski definition) is 6. The van der Waals surface area contributed by atoms with E-state index < -0.39 is 54.1 Å². The summed E-state index contributed by atoms with van der Waals surface area (Å²) in [5.41, 5.74) is 12.0. The van der Waals surface area contributed by atoms with Crippen molar-refractivity contribution in [2.75, 3.05) is 52.9 Å². The SMILES string of the molecule is CN1CCCN(C(=O)[C@@H]2CC(=O)N[C@@H](CCCN=C(N)N)C(=O)N[C@@H](Cc3ccccc3)C(=O)NCCCOc3ccccc3C(=O)N2)CC1. The zero-order valence-electron chi connectivity index (χ0n) is 28.6. The number of ether oxygens (including phenoxy) is 1. The lowest BCUT2D eigenvalue weighted by atomic mass is 10.0. The first-order valence-electron chi connectivity index (χ1n) is 17.1. The summed E-state index contributed by atoms with van der Waals surface area (Å²) in [5, 5.41) is 11.2. The molecule has 0 radical (unpaired) electrons. The molecule has 1 saturated heterocycles. The van der Waals surface area contributed by atoms with Gasteiger partial charge in [0.05, 0.1) is 18.6 Å². The largest absolute Gasteiger partial charge is 0.493 e. The van der Waals surface area contributed by atoms with Crippen molar-refractivity contribution in [2.45, 2.75) is 56.7 Å². The molecule has 15 nitrogen and oxygen atoms in total. The number of nitrogens with one attached hydrogen (secondary N) is 4. The predicted molar refractivity (Wildman–Crippen MR) is 188 cm³/mol. The lowest BCUT2D eigenvalue weighted by Crippen LogP contribution is -2.56. The second-order valence-electron chi connectivity index (χ2n) is 12.5. The topological polar surface area (TPSA) is 214 Å². The van der Waals surface area contributed by atoms with Crippen LogP contribution in [0.15, 0.2) is 59.6 Å². The first kappa shape index (κ1) is 37.6. The fraction of sp³-hybridized carbons (Fsp3) is 0.486. The van der Waals surface area contributed by atoms with Crippen molar-refractivity contribution >= 4 is 35.5 Å². The molecule has 0 unspecified atom stereocenters. The van der Waals surface area contributed by atoms with Crippen LogP contribution in [0.4, 0.5) is 0 Å². The van der Waals surface area contributed by atoms with E-state index in [1.165, 1.54) is 0 Å². The number of carbonyl (C=O) groups excluding carboxylic acids is 5. The molecule has 1 fully saturated rings. The third kappa shape index (κ3) is 11.8. The van der Waals surface area contributed by atoms with Crippen LogP contribution in [0, 0.1) is 0 Å². The smallest absolute Gasteiger partial charge is 0.255 e. The Bertz CT molecular complexity index is 1500. The van der Waals surface area contributed by atoms with E-state index in [4.69, 9.17) is 16.2 Å². The summed E-state index contributed by atoms with van der Waals surface area (Å²) in [6.07, 6.45) is 1.42. The van der Waals surface area contributed by atoms with Gasteiger partial charge in [-0.1, -0.05) is 42.5 Å². The number of rotatable bonds is 7. The van der Waals surface area contributed by atoms with Crippen molar-refractivity contribution in [1.82, 2.24) is 31.1 Å². The maximum absolute atomic E-state index is 13.9. The first-order chi connectivity index (χ1) is 24.1. The average Bonchev–Trinajstić information content (AvgIpc) is 3.32. The number of carbonyl (C=O) groups is 5. The maximum Gasteiger partial charge on any atom is 0.255 e. The second-order valence-corrected chi connectivity index (χ2v) is 12.5. The van der Waals surface area contributed by atoms with E-state index in [2.05, 4.69) is 31.2 Å². The zero-order valence-corrected chi connectivity index (χ0v) is 28.6. The van der Waals surface area contributed by atoms with Crippen LogP contribution in [0.5, 0.6) is 5.75 Å². The highest BCUT2D eigenvalue weighted by molar-refractivity contribution is 6.01. The Morgan fingerprint density at radius 3 is 2.42 bits per heavy atom. The van der Waals surface area contributed by atoms with Gasteiger partial charge in [0.25, 0.3) is 5.91 Å². The fourth-order valence-electron chi connectivity index (χ4n) is 5.83. The number of para-hydroxylation sites is 1. The summed E-state index contributed by atoms with van der Waals surface area (Å²) in [7, 11) is 1.98. The molecule has 0 aromatic heterocycles. The molecule has 2 heterocycles. The molecular formula is C35H49N9O6. The minimum absolute atomic E-state index is 0.105. The Kier molecular flexibility index (Phi) is 14.4. The van der Waals surface area contributed by atoms with E-state index in [0.29, 0.717) is 38.2 Å². The number of amides is 5. The minimum atomic E-state index is -1.22. The summed E-state index contributed by atoms with van der Waals surface area (Å²) in [6, 6.07) is 12.7. The predicted octanol–water partition coefficient (Wildman–Crippen LogP) is -0.496. The highest BCUT2D eigenvalue weighted by Gasteiger charge is 2.32. The van der Waals surface area contributed by atoms with Crippen LogP contribution >= 0.6 is 0 Å². The molecular weight excluding hydrogens is 642 g/mol. The summed E-state index contributed by atoms with van der Waals surface area (Å²) in [4.78, 5) is 76.2. The number of aliphatic imine (C=N–C) groups is 1. The Morgan fingerprint density at radius 2 is 1.64 bits per heavy atom. The third-order valence-corrected chi connectivity index (χ3v) is 8.55. The quantitative estimate of drug-likeness (QED) is 0.125. The van der Waals surface area contributed by atoms with Crippen molar-refractivity contribution < 1.29 is 28.7 Å². The van der Waals surface area contributed by atoms with Crippen LogP contribution in [0.3, 0.4) is 0 Å². The molecule has 5 amide bonds. The Morgan fingerprint density at radius 1 is 0.880 bits per heavy atom. The van der Waals surface area contributed by atoms with Gasteiger partial charge >= 0.3 is 0 Å². The van der Waals surface area contributed by atoms with Gasteiger partial charge in [0.2, 0.25) is 23.6 Å². The lowest BCUT2D eigenvalue weighted by Gasteiger charge is -2.28. The van der Waals surface area contributed by atoms with Gasteiger partial charge in [-0.15, -0.1) is 0 Å². The molecule has 2 aromatic carbocycles. The Hall–Kier alpha value is -5.18. The van der Waals surface area contributed by atoms with Gasteiger partial charge in [-0.2, -0.15) is 0 Å². The number of hydrogen-bond acceptors (Lipinski definition) is 8. The van der Waals surface area contributed by atoms with Crippen LogP contribution in [0.2, 0.25) is 0 Å². The van der Waals surface area contributed by atoms with Crippen molar-refractivity contribution in [2.24, 2.45) is 16.5 Å². The van der Waals surface area contributed by atoms with E-state index >= 15 is 0 Å². The molecule has 0 saturated carbocycles. The first-order valence-corrected chi connectivity index (χ1v) is 17.1. The number of likely N-dealkylation sites (N-methyl/N-ethyl adjacent to an activating group) is 1. The molecule has 0 spiro atoms. The molecule has 8 N–H and O–H groups in total. The van der Waals surface area contributed by atoms with Crippen molar-refractivity contribution in [3.63, 3.8) is 0 Å². The summed E-state index contributed by atoms with van der Waals surface area (Å²) >= 11 is 0. The Balaban J connectivity index is 1.64. The van der Waals surface area contributed by atoms with Crippen molar-refractivity contribution in [3.8, 4) is 5.75 Å². The average molecular weight is 692 g/mol. The lowest BCUT2D eigenvalue weighted by molar-refractivity contribution is -0.136. The van der Waals surface area contributed by atoms with Gasteiger partial charge in [0.1, 0.15) is 23.9 Å². The van der Waals surface area contributed by atoms with Gasteiger partial charge in [-0.25, -0.2) is 0 Å². The van der Waals surface area contributed by atoms with Gasteiger partial charge < -0.3 is 47.3 Å². The van der Waals surface area contributed by atoms with Gasteiger partial charge in [-0.3, -0.25) is 29.0 Å². The summed E-state index contributed by atoms with van der Waals surface area (Å²) in [5.74, 6) is -2.39. The van der Waals surface area contributed by atoms with Crippen LogP contribution in [0.25, 0.3) is 0 Å². The molecule has 0 aliphatic carbocycles. The van der Waals surface area contributed by atoms with Gasteiger partial charge in [0, 0.05) is 39.1 Å². The van der Waals surface area contributed by atoms with E-state index in [1.807, 2.05) is 37.4 Å². The second kappa shape index (κ2) is 19.1. The summed E-state index contributed by atoms with van der Waals surface area (Å²) in [6.45, 7) is 3.00. The molecule has 4 rings (SSSR count). The number of nitrogens with two attached hydrogens (primary N) is 2. The molecule has 270 valence electrons. The standard InChI is InChI=1S/C35H49N9O6/c1-43-17-9-18-44(20-19-43)34(49)28-23-30(45)40-26(13-7-15-39-35(36)37)33(48)41-27(22-24-10-3-2-4-11-24)32(47)38-16-8-21-50-29-14-6-5-12-25(29)31(46)42-28/h2-6,10-12,14,26-28H,7-9,13,15-23H2,1H3,(H,38,47)(H,40,45)(H,41,48)(H,42,46)(H4,36,37,39)/t26-,27-,28-/m0/s1. The maximum atomic E-state index is 13.9. The minimum Gasteiger partial charge on any atom is -0.493 e. The van der Waals surface area contributed by atoms with E-state index in [9.17, 15) is 24.0 Å². The van der Waals surface area contributed by atoms with Gasteiger partial charge in [-0.05, 0) is 57.0 Å². The normalized spacial score (nSPS) is 21.8. The van der Waals surface area contributed by atoms with E-state index in [0.717, 1.165) is 18.5 Å². The highest BCUT2D eigenvalue weighted by Crippen LogP contribution is 2.19. The van der Waals surface area contributed by atoms with Crippen LogP contribution in [0.1, 0.15) is 48.0 Å². The van der Waals surface area contributed by atoms with Crippen LogP contribution < -0.4 is 37.5 Å². The van der Waals surface area contributed by atoms with E-state index in [-0.39, 0.29) is 44.1 Å².